The Kier molecular flexibility index (Phi) is 4.29. The Morgan fingerprint density at radius 3 is 2.28 bits per heavy atom. The largest absolute Gasteiger partial charge is 0.497 e. The SMILES string of the molecule is COc1ccc(-c2cc3cc(C)ccc3n2C(=O)OC(C)(C)C)cc1. The average molecular weight is 337 g/mol. The molecule has 0 atom stereocenters. The van der Waals surface area contributed by atoms with E-state index < -0.39 is 5.60 Å². The van der Waals surface area contributed by atoms with Gasteiger partial charge in [0.15, 0.2) is 0 Å². The molecule has 0 aliphatic rings. The average Bonchev–Trinajstić information content (AvgIpc) is 2.91. The number of rotatable bonds is 2. The minimum absolute atomic E-state index is 0.378. The van der Waals surface area contributed by atoms with Crippen LogP contribution in [0.25, 0.3) is 22.2 Å². The first-order chi connectivity index (χ1) is 11.8. The molecule has 0 fully saturated rings. The van der Waals surface area contributed by atoms with Crippen LogP contribution >= 0.6 is 0 Å². The zero-order chi connectivity index (χ0) is 18.2. The van der Waals surface area contributed by atoms with Crippen LogP contribution in [0.3, 0.4) is 0 Å². The highest BCUT2D eigenvalue weighted by Gasteiger charge is 2.22. The van der Waals surface area contributed by atoms with Gasteiger partial charge in [-0.1, -0.05) is 11.6 Å². The van der Waals surface area contributed by atoms with Crippen LogP contribution in [-0.4, -0.2) is 23.4 Å². The topological polar surface area (TPSA) is 40.5 Å². The highest BCUT2D eigenvalue weighted by atomic mass is 16.6. The van der Waals surface area contributed by atoms with Crippen molar-refractivity contribution in [3.63, 3.8) is 0 Å². The fraction of sp³-hybridized carbons (Fsp3) is 0.286. The quantitative estimate of drug-likeness (QED) is 0.628. The fourth-order valence-corrected chi connectivity index (χ4v) is 2.81. The van der Waals surface area contributed by atoms with Gasteiger partial charge in [-0.3, -0.25) is 0 Å². The van der Waals surface area contributed by atoms with Crippen LogP contribution in [0.2, 0.25) is 0 Å². The molecule has 0 aliphatic heterocycles. The summed E-state index contributed by atoms with van der Waals surface area (Å²) >= 11 is 0. The van der Waals surface area contributed by atoms with Crippen LogP contribution in [0.1, 0.15) is 26.3 Å². The Bertz CT molecular complexity index is 915. The zero-order valence-corrected chi connectivity index (χ0v) is 15.3. The second kappa shape index (κ2) is 6.28. The molecule has 4 heteroatoms. The van der Waals surface area contributed by atoms with E-state index in [9.17, 15) is 4.79 Å². The Morgan fingerprint density at radius 1 is 1.00 bits per heavy atom. The van der Waals surface area contributed by atoms with Gasteiger partial charge in [0.1, 0.15) is 11.4 Å². The lowest BCUT2D eigenvalue weighted by Crippen LogP contribution is -2.27. The highest BCUT2D eigenvalue weighted by Crippen LogP contribution is 2.31. The maximum absolute atomic E-state index is 12.9. The molecule has 3 aromatic rings. The summed E-state index contributed by atoms with van der Waals surface area (Å²) in [7, 11) is 1.63. The third-order valence-corrected chi connectivity index (χ3v) is 3.92. The summed E-state index contributed by atoms with van der Waals surface area (Å²) in [6.07, 6.45) is -0.378. The molecular weight excluding hydrogens is 314 g/mol. The van der Waals surface area contributed by atoms with Crippen LogP contribution in [-0.2, 0) is 4.74 Å². The van der Waals surface area contributed by atoms with E-state index in [-0.39, 0.29) is 6.09 Å². The smallest absolute Gasteiger partial charge is 0.419 e. The van der Waals surface area contributed by atoms with Gasteiger partial charge in [0.25, 0.3) is 0 Å². The number of ether oxygens (including phenoxy) is 2. The van der Waals surface area contributed by atoms with Gasteiger partial charge in [-0.2, -0.15) is 0 Å². The van der Waals surface area contributed by atoms with E-state index in [1.165, 1.54) is 0 Å². The van der Waals surface area contributed by atoms with E-state index in [2.05, 4.69) is 6.07 Å². The summed E-state index contributed by atoms with van der Waals surface area (Å²) < 4.78 is 12.5. The molecule has 25 heavy (non-hydrogen) atoms. The van der Waals surface area contributed by atoms with Crippen molar-refractivity contribution in [1.29, 1.82) is 0 Å². The van der Waals surface area contributed by atoms with Crippen LogP contribution in [0.4, 0.5) is 4.79 Å². The van der Waals surface area contributed by atoms with Crippen molar-refractivity contribution in [2.75, 3.05) is 7.11 Å². The normalized spacial score (nSPS) is 11.6. The summed E-state index contributed by atoms with van der Waals surface area (Å²) in [6, 6.07) is 15.7. The Hall–Kier alpha value is -2.75. The molecule has 0 N–H and O–H groups in total. The lowest BCUT2D eigenvalue weighted by atomic mass is 10.1. The molecule has 3 rings (SSSR count). The second-order valence-electron chi connectivity index (χ2n) is 7.14. The first kappa shape index (κ1) is 17.1. The standard InChI is InChI=1S/C21H23NO3/c1-14-6-11-18-16(12-14)13-19(15-7-9-17(24-5)10-8-15)22(18)20(23)25-21(2,3)4/h6-13H,1-5H3. The molecule has 0 saturated carbocycles. The zero-order valence-electron chi connectivity index (χ0n) is 15.3. The number of methoxy groups -OCH3 is 1. The molecule has 0 aliphatic carbocycles. The summed E-state index contributed by atoms with van der Waals surface area (Å²) in [4.78, 5) is 12.9. The monoisotopic (exact) mass is 337 g/mol. The van der Waals surface area contributed by atoms with Crippen molar-refractivity contribution in [3.05, 3.63) is 54.1 Å². The number of hydrogen-bond acceptors (Lipinski definition) is 3. The Labute approximate surface area is 148 Å². The van der Waals surface area contributed by atoms with Crippen molar-refractivity contribution in [2.45, 2.75) is 33.3 Å². The van der Waals surface area contributed by atoms with Crippen LogP contribution in [0.15, 0.2) is 48.5 Å². The van der Waals surface area contributed by atoms with Gasteiger partial charge >= 0.3 is 6.09 Å². The van der Waals surface area contributed by atoms with Gasteiger partial charge in [-0.05, 0) is 75.7 Å². The molecule has 130 valence electrons. The molecule has 0 bridgehead atoms. The molecule has 1 heterocycles. The summed E-state index contributed by atoms with van der Waals surface area (Å²) in [5, 5.41) is 1.01. The molecule has 0 amide bonds. The first-order valence-corrected chi connectivity index (χ1v) is 8.28. The summed E-state index contributed by atoms with van der Waals surface area (Å²) in [6.45, 7) is 7.65. The summed E-state index contributed by atoms with van der Waals surface area (Å²) in [5.41, 5.74) is 3.16. The van der Waals surface area contributed by atoms with Gasteiger partial charge in [0.05, 0.1) is 18.3 Å². The third-order valence-electron chi connectivity index (χ3n) is 3.92. The summed E-state index contributed by atoms with van der Waals surface area (Å²) in [5.74, 6) is 0.777. The predicted octanol–water partition coefficient (Wildman–Crippen LogP) is 5.41. The second-order valence-corrected chi connectivity index (χ2v) is 7.14. The molecule has 0 saturated heterocycles. The van der Waals surface area contributed by atoms with Crippen molar-refractivity contribution in [2.24, 2.45) is 0 Å². The molecule has 4 nitrogen and oxygen atoms in total. The Balaban J connectivity index is 2.18. The van der Waals surface area contributed by atoms with E-state index in [0.29, 0.717) is 0 Å². The molecule has 0 radical (unpaired) electrons. The van der Waals surface area contributed by atoms with Crippen LogP contribution in [0.5, 0.6) is 5.75 Å². The number of fused-ring (bicyclic) bond motifs is 1. The number of aromatic nitrogens is 1. The first-order valence-electron chi connectivity index (χ1n) is 8.28. The number of carbonyl (C=O) groups excluding carboxylic acids is 1. The lowest BCUT2D eigenvalue weighted by molar-refractivity contribution is 0.0547. The lowest BCUT2D eigenvalue weighted by Gasteiger charge is -2.21. The number of nitrogens with zero attached hydrogens (tertiary/aromatic N) is 1. The van der Waals surface area contributed by atoms with Crippen LogP contribution < -0.4 is 4.74 Å². The Morgan fingerprint density at radius 2 is 1.68 bits per heavy atom. The van der Waals surface area contributed by atoms with E-state index in [0.717, 1.165) is 33.5 Å². The number of hydrogen-bond donors (Lipinski definition) is 0. The molecule has 2 aromatic carbocycles. The van der Waals surface area contributed by atoms with Gasteiger partial charge in [0.2, 0.25) is 0 Å². The predicted molar refractivity (Wildman–Crippen MR) is 100 cm³/mol. The van der Waals surface area contributed by atoms with Gasteiger partial charge in [-0.15, -0.1) is 0 Å². The van der Waals surface area contributed by atoms with Crippen LogP contribution in [0, 0.1) is 6.92 Å². The molecular formula is C21H23NO3. The van der Waals surface area contributed by atoms with Crippen molar-refractivity contribution < 1.29 is 14.3 Å². The highest BCUT2D eigenvalue weighted by molar-refractivity contribution is 5.96. The van der Waals surface area contributed by atoms with E-state index in [1.54, 1.807) is 11.7 Å². The number of carbonyl (C=O) groups is 1. The number of benzene rings is 2. The van der Waals surface area contributed by atoms with E-state index in [1.807, 2.05) is 70.2 Å². The van der Waals surface area contributed by atoms with Gasteiger partial charge in [0, 0.05) is 5.39 Å². The number of aryl methyl sites for hydroxylation is 1. The maximum atomic E-state index is 12.9. The molecule has 0 unspecified atom stereocenters. The minimum Gasteiger partial charge on any atom is -0.497 e. The van der Waals surface area contributed by atoms with Crippen molar-refractivity contribution in [1.82, 2.24) is 4.57 Å². The van der Waals surface area contributed by atoms with Crippen molar-refractivity contribution in [3.8, 4) is 17.0 Å². The van der Waals surface area contributed by atoms with Crippen molar-refractivity contribution >= 4 is 17.0 Å². The minimum atomic E-state index is -0.560. The third kappa shape index (κ3) is 3.53. The van der Waals surface area contributed by atoms with E-state index in [4.69, 9.17) is 9.47 Å². The van der Waals surface area contributed by atoms with Gasteiger partial charge < -0.3 is 9.47 Å². The molecule has 0 spiro atoms. The fourth-order valence-electron chi connectivity index (χ4n) is 2.81. The van der Waals surface area contributed by atoms with E-state index >= 15 is 0 Å². The van der Waals surface area contributed by atoms with Gasteiger partial charge in [-0.25, -0.2) is 9.36 Å². The molecule has 1 aromatic heterocycles. The maximum Gasteiger partial charge on any atom is 0.419 e.